The van der Waals surface area contributed by atoms with E-state index in [1.807, 2.05) is 0 Å². The Morgan fingerprint density at radius 2 is 1.62 bits per heavy atom. The van der Waals surface area contributed by atoms with Crippen molar-refractivity contribution in [2.75, 3.05) is 13.2 Å². The van der Waals surface area contributed by atoms with Gasteiger partial charge in [-0.05, 0) is 56.8 Å². The predicted octanol–water partition coefficient (Wildman–Crippen LogP) is 3.48. The van der Waals surface area contributed by atoms with Crippen LogP contribution in [0.4, 0.5) is 22.0 Å². The van der Waals surface area contributed by atoms with E-state index in [-0.39, 0.29) is 6.42 Å². The minimum atomic E-state index is -5.69. The molecule has 0 aromatic heterocycles. The molecule has 0 aromatic rings. The summed E-state index contributed by atoms with van der Waals surface area (Å²) in [5.74, 6) is -2.96. The molecule has 2 aliphatic rings. The van der Waals surface area contributed by atoms with E-state index >= 15 is 0 Å². The molecule has 5 unspecified atom stereocenters. The molecule has 0 bridgehead atoms. The summed E-state index contributed by atoms with van der Waals surface area (Å²) in [6, 6.07) is 0. The van der Waals surface area contributed by atoms with Crippen LogP contribution in [0.3, 0.4) is 0 Å². The van der Waals surface area contributed by atoms with Crippen LogP contribution in [0, 0.1) is 17.8 Å². The van der Waals surface area contributed by atoms with Crippen molar-refractivity contribution in [1.82, 2.24) is 0 Å². The van der Waals surface area contributed by atoms with Crippen LogP contribution in [-0.4, -0.2) is 60.4 Å². The lowest BCUT2D eigenvalue weighted by atomic mass is 9.60. The number of halogens is 5. The highest BCUT2D eigenvalue weighted by Crippen LogP contribution is 2.52. The lowest BCUT2D eigenvalue weighted by molar-refractivity contribution is -0.286. The van der Waals surface area contributed by atoms with Crippen LogP contribution < -0.4 is 0 Å². The van der Waals surface area contributed by atoms with Crippen molar-refractivity contribution in [3.05, 3.63) is 12.2 Å². The molecule has 0 radical (unpaired) electrons. The molecule has 32 heavy (non-hydrogen) atoms. The zero-order valence-corrected chi connectivity index (χ0v) is 18.2. The molecule has 0 amide bonds. The number of hydrogen-bond acceptors (Lipinski definition) is 6. The minimum absolute atomic E-state index is 0.191. The van der Waals surface area contributed by atoms with Gasteiger partial charge >= 0.3 is 27.5 Å². The molecule has 0 aliphatic heterocycles. The molecule has 0 heterocycles. The average Bonchev–Trinajstić information content (AvgIpc) is 2.65. The fourth-order valence-electron chi connectivity index (χ4n) is 4.65. The zero-order chi connectivity index (χ0) is 24.5. The van der Waals surface area contributed by atoms with Crippen LogP contribution in [0.25, 0.3) is 0 Å². The number of ether oxygens (including phenoxy) is 2. The van der Waals surface area contributed by atoms with Gasteiger partial charge in [0.05, 0.1) is 12.2 Å². The number of hydrogen-bond donors (Lipinski definition) is 2. The molecule has 2 rings (SSSR count). The second kappa shape index (κ2) is 9.51. The lowest BCUT2D eigenvalue weighted by Gasteiger charge is -2.49. The van der Waals surface area contributed by atoms with Crippen molar-refractivity contribution in [1.29, 1.82) is 0 Å². The number of carbonyl (C=O) groups excluding carboxylic acids is 1. The third-order valence-electron chi connectivity index (χ3n) is 6.39. The maximum absolute atomic E-state index is 13.4. The summed E-state index contributed by atoms with van der Waals surface area (Å²) in [5.41, 5.74) is -3.27. The topological polar surface area (TPSA) is 110 Å². The molecule has 2 N–H and O–H groups in total. The average molecular weight is 494 g/mol. The molecule has 0 spiro atoms. The number of fused-ring (bicyclic) bond motifs is 1. The molecule has 2 aliphatic carbocycles. The van der Waals surface area contributed by atoms with Gasteiger partial charge in [0.25, 0.3) is 0 Å². The van der Waals surface area contributed by atoms with Crippen LogP contribution in [0.15, 0.2) is 12.2 Å². The maximum Gasteiger partial charge on any atom is 0.417 e. The summed E-state index contributed by atoms with van der Waals surface area (Å²) in [5, 5.41) is 5.64. The normalized spacial score (nSPS) is 29.0. The first kappa shape index (κ1) is 26.9. The molecule has 5 atom stereocenters. The van der Waals surface area contributed by atoms with Crippen LogP contribution in [0.1, 0.15) is 45.4 Å². The highest BCUT2D eigenvalue weighted by molar-refractivity contribution is 7.86. The van der Waals surface area contributed by atoms with Gasteiger partial charge in [-0.2, -0.15) is 30.4 Å². The van der Waals surface area contributed by atoms with E-state index < -0.39 is 75.8 Å². The standard InChI is InChI=1S/C19H27F5O7S/c1-11(9-30-10-18(20,21)32(27,28)29)16(25)31-15-8-4-5-12-13(15)6-3-7-14(12)17(2,26)19(22,23)24/h12-15,26H,1,3-10H2,2H3,(H,27,28,29). The summed E-state index contributed by atoms with van der Waals surface area (Å²) >= 11 is 0. The van der Waals surface area contributed by atoms with Crippen molar-refractivity contribution >= 4 is 16.1 Å². The van der Waals surface area contributed by atoms with Crippen molar-refractivity contribution in [2.24, 2.45) is 17.8 Å². The van der Waals surface area contributed by atoms with Gasteiger partial charge in [-0.3, -0.25) is 4.55 Å². The fraction of sp³-hybridized carbons (Fsp3) is 0.842. The number of esters is 1. The summed E-state index contributed by atoms with van der Waals surface area (Å²) < 4.78 is 106. The van der Waals surface area contributed by atoms with Gasteiger partial charge in [0.15, 0.2) is 5.60 Å². The van der Waals surface area contributed by atoms with E-state index in [9.17, 15) is 40.3 Å². The predicted molar refractivity (Wildman–Crippen MR) is 101 cm³/mol. The second-order valence-electron chi connectivity index (χ2n) is 8.59. The largest absolute Gasteiger partial charge is 0.459 e. The lowest BCUT2D eigenvalue weighted by Crippen LogP contribution is -2.55. The van der Waals surface area contributed by atoms with Gasteiger partial charge in [0.2, 0.25) is 0 Å². The van der Waals surface area contributed by atoms with Crippen LogP contribution >= 0.6 is 0 Å². The fourth-order valence-corrected chi connectivity index (χ4v) is 4.88. The van der Waals surface area contributed by atoms with Crippen molar-refractivity contribution in [2.45, 2.75) is 68.6 Å². The first-order valence-corrected chi connectivity index (χ1v) is 11.5. The Hall–Kier alpha value is -1.31. The van der Waals surface area contributed by atoms with Gasteiger partial charge in [0.1, 0.15) is 12.7 Å². The van der Waals surface area contributed by atoms with Gasteiger partial charge in [-0.15, -0.1) is 0 Å². The first-order chi connectivity index (χ1) is 14.5. The molecule has 2 saturated carbocycles. The molecular weight excluding hydrogens is 467 g/mol. The molecule has 13 heteroatoms. The Morgan fingerprint density at radius 3 is 2.19 bits per heavy atom. The number of carbonyl (C=O) groups is 1. The minimum Gasteiger partial charge on any atom is -0.459 e. The maximum atomic E-state index is 13.4. The summed E-state index contributed by atoms with van der Waals surface area (Å²) in [4.78, 5) is 12.3. The monoisotopic (exact) mass is 494 g/mol. The molecule has 186 valence electrons. The molecule has 0 aromatic carbocycles. The Bertz CT molecular complexity index is 809. The summed E-state index contributed by atoms with van der Waals surface area (Å²) in [6.45, 7) is 1.61. The van der Waals surface area contributed by atoms with E-state index in [0.717, 1.165) is 6.92 Å². The Kier molecular flexibility index (Phi) is 8.01. The van der Waals surface area contributed by atoms with Crippen molar-refractivity contribution in [3.8, 4) is 0 Å². The molecular formula is C19H27F5O7S. The number of aliphatic hydroxyl groups is 1. The van der Waals surface area contributed by atoms with Gasteiger partial charge in [-0.25, -0.2) is 4.79 Å². The molecule has 7 nitrogen and oxygen atoms in total. The Morgan fingerprint density at radius 1 is 1.06 bits per heavy atom. The third kappa shape index (κ3) is 5.78. The third-order valence-corrected chi connectivity index (χ3v) is 7.26. The van der Waals surface area contributed by atoms with E-state index in [4.69, 9.17) is 9.29 Å². The SMILES string of the molecule is C=C(COCC(F)(F)S(=O)(=O)O)C(=O)OC1CCCC2C1CCCC2C(C)(O)C(F)(F)F. The highest BCUT2D eigenvalue weighted by atomic mass is 32.2. The van der Waals surface area contributed by atoms with Gasteiger partial charge in [0, 0.05) is 0 Å². The van der Waals surface area contributed by atoms with Gasteiger partial charge in [-0.1, -0.05) is 13.0 Å². The second-order valence-corrected chi connectivity index (χ2v) is 10.1. The van der Waals surface area contributed by atoms with E-state index in [1.165, 1.54) is 0 Å². The van der Waals surface area contributed by atoms with Crippen LogP contribution in [0.5, 0.6) is 0 Å². The number of alkyl halides is 5. The van der Waals surface area contributed by atoms with E-state index in [2.05, 4.69) is 11.3 Å². The van der Waals surface area contributed by atoms with Crippen LogP contribution in [-0.2, 0) is 24.4 Å². The Balaban J connectivity index is 1.99. The zero-order valence-electron chi connectivity index (χ0n) is 17.4. The molecule has 2 fully saturated rings. The smallest absolute Gasteiger partial charge is 0.417 e. The van der Waals surface area contributed by atoms with Gasteiger partial charge < -0.3 is 14.6 Å². The van der Waals surface area contributed by atoms with Crippen molar-refractivity contribution < 1.29 is 54.3 Å². The van der Waals surface area contributed by atoms with E-state index in [1.54, 1.807) is 0 Å². The summed E-state index contributed by atoms with van der Waals surface area (Å²) in [6.07, 6.45) is -3.10. The van der Waals surface area contributed by atoms with E-state index in [0.29, 0.717) is 32.1 Å². The number of rotatable bonds is 8. The first-order valence-electron chi connectivity index (χ1n) is 10.1. The molecule has 0 saturated heterocycles. The quantitative estimate of drug-likeness (QED) is 0.230. The van der Waals surface area contributed by atoms with Crippen molar-refractivity contribution in [3.63, 3.8) is 0 Å². The van der Waals surface area contributed by atoms with Crippen LogP contribution in [0.2, 0.25) is 0 Å². The summed E-state index contributed by atoms with van der Waals surface area (Å²) in [7, 11) is -5.69. The Labute approximate surface area is 182 Å². The highest BCUT2D eigenvalue weighted by Gasteiger charge is 2.59.